The van der Waals surface area contributed by atoms with E-state index in [1.165, 1.54) is 0 Å². The third-order valence-corrected chi connectivity index (χ3v) is 3.09. The number of rotatable bonds is 3. The van der Waals surface area contributed by atoms with Gasteiger partial charge in [0.25, 0.3) is 0 Å². The number of amides is 1. The number of likely N-dealkylation sites (N-methyl/N-ethyl adjacent to an activating group) is 1. The van der Waals surface area contributed by atoms with Crippen molar-refractivity contribution in [3.8, 4) is 0 Å². The Kier molecular flexibility index (Phi) is 4.31. The minimum Gasteiger partial charge on any atom is -0.372 e. The number of hydrogen-bond acceptors (Lipinski definition) is 5. The summed E-state index contributed by atoms with van der Waals surface area (Å²) in [5, 5.41) is 0. The van der Waals surface area contributed by atoms with Gasteiger partial charge in [-0.3, -0.25) is 9.78 Å². The van der Waals surface area contributed by atoms with Gasteiger partial charge >= 0.3 is 0 Å². The van der Waals surface area contributed by atoms with Crippen LogP contribution in [0.5, 0.6) is 0 Å². The Hall–Kier alpha value is -1.69. The molecule has 1 amide bonds. The van der Waals surface area contributed by atoms with Crippen molar-refractivity contribution in [2.24, 2.45) is 0 Å². The normalized spacial score (nSPS) is 23.2. The van der Waals surface area contributed by atoms with Gasteiger partial charge < -0.3 is 14.5 Å². The molecule has 1 fully saturated rings. The van der Waals surface area contributed by atoms with Crippen LogP contribution in [0.15, 0.2) is 18.6 Å². The average Bonchev–Trinajstić information content (AvgIpc) is 2.38. The van der Waals surface area contributed by atoms with Crippen LogP contribution in [-0.4, -0.2) is 59.7 Å². The summed E-state index contributed by atoms with van der Waals surface area (Å²) in [4.78, 5) is 24.1. The summed E-state index contributed by atoms with van der Waals surface area (Å²) >= 11 is 0. The molecular weight excluding hydrogens is 244 g/mol. The minimum absolute atomic E-state index is 0.0922. The van der Waals surface area contributed by atoms with Gasteiger partial charge in [0.1, 0.15) is 5.82 Å². The van der Waals surface area contributed by atoms with Crippen LogP contribution >= 0.6 is 0 Å². The molecule has 0 radical (unpaired) electrons. The highest BCUT2D eigenvalue weighted by atomic mass is 16.5. The second kappa shape index (κ2) is 5.97. The number of morpholine rings is 1. The Morgan fingerprint density at radius 3 is 2.68 bits per heavy atom. The molecule has 19 heavy (non-hydrogen) atoms. The molecule has 1 aliphatic heterocycles. The molecule has 0 N–H and O–H groups in total. The molecule has 0 spiro atoms. The molecule has 2 atom stereocenters. The molecule has 6 nitrogen and oxygen atoms in total. The molecule has 2 heterocycles. The number of hydrogen-bond donors (Lipinski definition) is 0. The molecule has 0 aliphatic carbocycles. The van der Waals surface area contributed by atoms with E-state index in [2.05, 4.69) is 9.97 Å². The Balaban J connectivity index is 1.93. The fourth-order valence-electron chi connectivity index (χ4n) is 2.25. The standard InChI is InChI=1S/C13H20N4O2/c1-10-7-17(8-11(2)19-10)13(18)9-16(3)12-6-14-4-5-15-12/h4-6,10-11H,7-9H2,1-3H3/t10-,11+. The van der Waals surface area contributed by atoms with Crippen molar-refractivity contribution in [3.05, 3.63) is 18.6 Å². The van der Waals surface area contributed by atoms with Crippen LogP contribution in [0.2, 0.25) is 0 Å². The monoisotopic (exact) mass is 264 g/mol. The van der Waals surface area contributed by atoms with Crippen LogP contribution in [0.3, 0.4) is 0 Å². The lowest BCUT2D eigenvalue weighted by atomic mass is 10.2. The van der Waals surface area contributed by atoms with Gasteiger partial charge in [-0.15, -0.1) is 0 Å². The van der Waals surface area contributed by atoms with Gasteiger partial charge in [0.05, 0.1) is 24.9 Å². The Morgan fingerprint density at radius 2 is 2.11 bits per heavy atom. The lowest BCUT2D eigenvalue weighted by molar-refractivity contribution is -0.141. The molecule has 0 bridgehead atoms. The van der Waals surface area contributed by atoms with Crippen LogP contribution in [0, 0.1) is 0 Å². The van der Waals surface area contributed by atoms with E-state index in [1.54, 1.807) is 23.5 Å². The van der Waals surface area contributed by atoms with Crippen LogP contribution in [0.4, 0.5) is 5.82 Å². The largest absolute Gasteiger partial charge is 0.372 e. The van der Waals surface area contributed by atoms with Crippen molar-refractivity contribution in [3.63, 3.8) is 0 Å². The minimum atomic E-state index is 0.0922. The summed E-state index contributed by atoms with van der Waals surface area (Å²) in [5.41, 5.74) is 0. The van der Waals surface area contributed by atoms with E-state index in [0.29, 0.717) is 25.5 Å². The zero-order valence-electron chi connectivity index (χ0n) is 11.6. The number of ether oxygens (including phenoxy) is 1. The number of anilines is 1. The maximum absolute atomic E-state index is 12.3. The van der Waals surface area contributed by atoms with Crippen molar-refractivity contribution in [2.75, 3.05) is 31.6 Å². The van der Waals surface area contributed by atoms with E-state index in [4.69, 9.17) is 4.74 Å². The number of aromatic nitrogens is 2. The first-order valence-electron chi connectivity index (χ1n) is 6.46. The fourth-order valence-corrected chi connectivity index (χ4v) is 2.25. The highest BCUT2D eigenvalue weighted by Gasteiger charge is 2.26. The molecule has 2 rings (SSSR count). The highest BCUT2D eigenvalue weighted by Crippen LogP contribution is 2.12. The topological polar surface area (TPSA) is 58.6 Å². The predicted octanol–water partition coefficient (Wildman–Crippen LogP) is 0.549. The highest BCUT2D eigenvalue weighted by molar-refractivity contribution is 5.81. The molecule has 1 aromatic rings. The van der Waals surface area contributed by atoms with Crippen LogP contribution in [0.1, 0.15) is 13.8 Å². The maximum Gasteiger partial charge on any atom is 0.242 e. The summed E-state index contributed by atoms with van der Waals surface area (Å²) in [7, 11) is 1.84. The number of carbonyl (C=O) groups excluding carboxylic acids is 1. The SMILES string of the molecule is C[C@@H]1CN(C(=O)CN(C)c2cnccn2)C[C@H](C)O1. The maximum atomic E-state index is 12.3. The zero-order chi connectivity index (χ0) is 13.8. The van der Waals surface area contributed by atoms with Crippen LogP contribution < -0.4 is 4.90 Å². The van der Waals surface area contributed by atoms with Gasteiger partial charge in [0.15, 0.2) is 0 Å². The lowest BCUT2D eigenvalue weighted by Gasteiger charge is -2.36. The first kappa shape index (κ1) is 13.7. The van der Waals surface area contributed by atoms with E-state index in [9.17, 15) is 4.79 Å². The molecule has 0 aromatic carbocycles. The summed E-state index contributed by atoms with van der Waals surface area (Å²) in [6, 6.07) is 0. The third kappa shape index (κ3) is 3.64. The zero-order valence-corrected chi connectivity index (χ0v) is 11.6. The van der Waals surface area contributed by atoms with Gasteiger partial charge in [-0.2, -0.15) is 0 Å². The summed E-state index contributed by atoms with van der Waals surface area (Å²) < 4.78 is 5.63. The Labute approximate surface area is 113 Å². The van der Waals surface area contributed by atoms with Gasteiger partial charge in [0.2, 0.25) is 5.91 Å². The van der Waals surface area contributed by atoms with Crippen molar-refractivity contribution >= 4 is 11.7 Å². The first-order valence-corrected chi connectivity index (χ1v) is 6.46. The van der Waals surface area contributed by atoms with E-state index in [1.807, 2.05) is 25.8 Å². The van der Waals surface area contributed by atoms with E-state index in [-0.39, 0.29) is 18.1 Å². The van der Waals surface area contributed by atoms with Crippen molar-refractivity contribution in [2.45, 2.75) is 26.1 Å². The summed E-state index contributed by atoms with van der Waals surface area (Å²) in [6.07, 6.45) is 5.07. The summed E-state index contributed by atoms with van der Waals surface area (Å²) in [5.74, 6) is 0.792. The molecule has 1 aromatic heterocycles. The second-order valence-corrected chi connectivity index (χ2v) is 4.98. The quantitative estimate of drug-likeness (QED) is 0.798. The Bertz CT molecular complexity index is 416. The Morgan fingerprint density at radius 1 is 1.42 bits per heavy atom. The van der Waals surface area contributed by atoms with Crippen LogP contribution in [-0.2, 0) is 9.53 Å². The molecule has 6 heteroatoms. The fraction of sp³-hybridized carbons (Fsp3) is 0.615. The average molecular weight is 264 g/mol. The van der Waals surface area contributed by atoms with E-state index < -0.39 is 0 Å². The van der Waals surface area contributed by atoms with Gasteiger partial charge in [-0.05, 0) is 13.8 Å². The van der Waals surface area contributed by atoms with Crippen molar-refractivity contribution in [1.29, 1.82) is 0 Å². The smallest absolute Gasteiger partial charge is 0.242 e. The summed E-state index contributed by atoms with van der Waals surface area (Å²) in [6.45, 7) is 5.58. The number of nitrogens with zero attached hydrogens (tertiary/aromatic N) is 4. The second-order valence-electron chi connectivity index (χ2n) is 4.98. The van der Waals surface area contributed by atoms with E-state index in [0.717, 1.165) is 0 Å². The number of carbonyl (C=O) groups is 1. The van der Waals surface area contributed by atoms with Crippen molar-refractivity contribution < 1.29 is 9.53 Å². The van der Waals surface area contributed by atoms with E-state index >= 15 is 0 Å². The molecular formula is C13H20N4O2. The van der Waals surface area contributed by atoms with Crippen molar-refractivity contribution in [1.82, 2.24) is 14.9 Å². The predicted molar refractivity (Wildman–Crippen MR) is 71.9 cm³/mol. The van der Waals surface area contributed by atoms with Gasteiger partial charge in [-0.25, -0.2) is 4.98 Å². The van der Waals surface area contributed by atoms with Crippen LogP contribution in [0.25, 0.3) is 0 Å². The molecule has 0 saturated carbocycles. The van der Waals surface area contributed by atoms with Gasteiger partial charge in [0, 0.05) is 32.5 Å². The first-order chi connectivity index (χ1) is 9.06. The molecule has 104 valence electrons. The third-order valence-electron chi connectivity index (χ3n) is 3.09. The molecule has 0 unspecified atom stereocenters. The van der Waals surface area contributed by atoms with Gasteiger partial charge in [-0.1, -0.05) is 0 Å². The molecule has 1 aliphatic rings. The lowest BCUT2D eigenvalue weighted by Crippen LogP contribution is -2.50. The molecule has 1 saturated heterocycles.